The number of aliphatic carboxylic acids is 1. The lowest BCUT2D eigenvalue weighted by Crippen LogP contribution is -2.37. The summed E-state index contributed by atoms with van der Waals surface area (Å²) < 4.78 is 0. The fourth-order valence-corrected chi connectivity index (χ4v) is 1.54. The van der Waals surface area contributed by atoms with E-state index in [0.717, 1.165) is 0 Å². The standard InChI is InChI=1S/C11H17N3O4/c1-14-9(15)6-5-8(13-14)11(18)12-7-3-2-4-10(16)17/h2-7H2,1H3,(H,12,18)(H,16,17). The number of hydrazone groups is 1. The Balaban J connectivity index is 2.27. The number of rotatable bonds is 6. The summed E-state index contributed by atoms with van der Waals surface area (Å²) in [5, 5.41) is 16.2. The largest absolute Gasteiger partial charge is 0.481 e. The van der Waals surface area contributed by atoms with Crippen molar-refractivity contribution in [2.75, 3.05) is 13.6 Å². The second kappa shape index (κ2) is 6.73. The van der Waals surface area contributed by atoms with Crippen molar-refractivity contribution in [3.8, 4) is 0 Å². The van der Waals surface area contributed by atoms with E-state index in [9.17, 15) is 14.4 Å². The van der Waals surface area contributed by atoms with Crippen LogP contribution in [0.3, 0.4) is 0 Å². The fourth-order valence-electron chi connectivity index (χ4n) is 1.54. The Morgan fingerprint density at radius 2 is 2.11 bits per heavy atom. The van der Waals surface area contributed by atoms with Crippen molar-refractivity contribution >= 4 is 23.5 Å². The smallest absolute Gasteiger partial charge is 0.303 e. The fraction of sp³-hybridized carbons (Fsp3) is 0.636. The first kappa shape index (κ1) is 14.1. The van der Waals surface area contributed by atoms with Gasteiger partial charge in [0.15, 0.2) is 0 Å². The summed E-state index contributed by atoms with van der Waals surface area (Å²) in [5.41, 5.74) is 0.343. The average Bonchev–Trinajstić information content (AvgIpc) is 2.31. The van der Waals surface area contributed by atoms with Crippen LogP contribution in [-0.2, 0) is 14.4 Å². The van der Waals surface area contributed by atoms with Gasteiger partial charge in [-0.2, -0.15) is 5.10 Å². The molecule has 2 N–H and O–H groups in total. The van der Waals surface area contributed by atoms with E-state index in [0.29, 0.717) is 37.9 Å². The lowest BCUT2D eigenvalue weighted by atomic mass is 10.1. The van der Waals surface area contributed by atoms with Gasteiger partial charge in [0.05, 0.1) is 0 Å². The quantitative estimate of drug-likeness (QED) is 0.651. The molecular formula is C11H17N3O4. The van der Waals surface area contributed by atoms with Gasteiger partial charge in [0.25, 0.3) is 5.91 Å². The van der Waals surface area contributed by atoms with Gasteiger partial charge in [-0.05, 0) is 12.8 Å². The molecule has 0 aromatic heterocycles. The number of unbranched alkanes of at least 4 members (excludes halogenated alkanes) is 1. The Kier molecular flexibility index (Phi) is 5.29. The summed E-state index contributed by atoms with van der Waals surface area (Å²) in [6.45, 7) is 0.419. The number of carboxylic acid groups (broad SMARTS) is 1. The zero-order valence-corrected chi connectivity index (χ0v) is 10.3. The van der Waals surface area contributed by atoms with Gasteiger partial charge in [0.1, 0.15) is 5.71 Å². The van der Waals surface area contributed by atoms with Crippen molar-refractivity contribution in [2.24, 2.45) is 5.10 Å². The van der Waals surface area contributed by atoms with E-state index in [1.54, 1.807) is 0 Å². The van der Waals surface area contributed by atoms with Crippen LogP contribution < -0.4 is 5.32 Å². The molecule has 0 spiro atoms. The number of carbonyl (C=O) groups excluding carboxylic acids is 2. The zero-order valence-electron chi connectivity index (χ0n) is 10.3. The van der Waals surface area contributed by atoms with Crippen LogP contribution in [0.1, 0.15) is 32.1 Å². The number of carboxylic acids is 1. The maximum Gasteiger partial charge on any atom is 0.303 e. The lowest BCUT2D eigenvalue weighted by molar-refractivity contribution is -0.137. The zero-order chi connectivity index (χ0) is 13.5. The molecular weight excluding hydrogens is 238 g/mol. The number of hydrogen-bond donors (Lipinski definition) is 2. The third kappa shape index (κ3) is 4.52. The van der Waals surface area contributed by atoms with E-state index in [-0.39, 0.29) is 18.2 Å². The Bertz CT molecular complexity index is 378. The first-order valence-electron chi connectivity index (χ1n) is 5.84. The van der Waals surface area contributed by atoms with Gasteiger partial charge in [-0.15, -0.1) is 0 Å². The minimum atomic E-state index is -0.835. The summed E-state index contributed by atoms with van der Waals surface area (Å²) in [6.07, 6.45) is 1.89. The Labute approximate surface area is 105 Å². The third-order valence-corrected chi connectivity index (χ3v) is 2.57. The van der Waals surface area contributed by atoms with E-state index < -0.39 is 5.97 Å². The Morgan fingerprint density at radius 3 is 2.72 bits per heavy atom. The van der Waals surface area contributed by atoms with Crippen molar-refractivity contribution in [3.63, 3.8) is 0 Å². The number of amides is 2. The van der Waals surface area contributed by atoms with Crippen LogP contribution in [0, 0.1) is 0 Å². The number of carbonyl (C=O) groups is 3. The predicted molar refractivity (Wildman–Crippen MR) is 63.9 cm³/mol. The van der Waals surface area contributed by atoms with E-state index in [1.165, 1.54) is 12.1 Å². The van der Waals surface area contributed by atoms with Crippen LogP contribution >= 0.6 is 0 Å². The Hall–Kier alpha value is -1.92. The number of nitrogens with one attached hydrogen (secondary N) is 1. The highest BCUT2D eigenvalue weighted by molar-refractivity contribution is 6.39. The molecule has 1 aliphatic rings. The highest BCUT2D eigenvalue weighted by atomic mass is 16.4. The first-order chi connectivity index (χ1) is 8.50. The number of nitrogens with zero attached hydrogens (tertiary/aromatic N) is 2. The highest BCUT2D eigenvalue weighted by Gasteiger charge is 2.21. The first-order valence-corrected chi connectivity index (χ1v) is 5.84. The third-order valence-electron chi connectivity index (χ3n) is 2.57. The molecule has 7 heteroatoms. The molecule has 0 fully saturated rings. The normalized spacial score (nSPS) is 15.3. The minimum Gasteiger partial charge on any atom is -0.481 e. The minimum absolute atomic E-state index is 0.104. The molecule has 0 aromatic rings. The summed E-state index contributed by atoms with van der Waals surface area (Å²) >= 11 is 0. The van der Waals surface area contributed by atoms with Crippen LogP contribution in [0.4, 0.5) is 0 Å². The molecule has 0 unspecified atom stereocenters. The molecule has 18 heavy (non-hydrogen) atoms. The van der Waals surface area contributed by atoms with Crippen LogP contribution in [0.5, 0.6) is 0 Å². The van der Waals surface area contributed by atoms with Crippen molar-refractivity contribution in [3.05, 3.63) is 0 Å². The van der Waals surface area contributed by atoms with Gasteiger partial charge < -0.3 is 10.4 Å². The van der Waals surface area contributed by atoms with Gasteiger partial charge >= 0.3 is 5.97 Å². The molecule has 1 aliphatic heterocycles. The molecule has 1 rings (SSSR count). The Morgan fingerprint density at radius 1 is 1.39 bits per heavy atom. The molecule has 0 atom stereocenters. The van der Waals surface area contributed by atoms with Crippen LogP contribution in [0.15, 0.2) is 5.10 Å². The van der Waals surface area contributed by atoms with Gasteiger partial charge in [0.2, 0.25) is 5.91 Å². The average molecular weight is 255 g/mol. The SMILES string of the molecule is CN1N=C(C(=O)NCCCCC(=O)O)CCC1=O. The van der Waals surface area contributed by atoms with Crippen LogP contribution in [-0.4, -0.2) is 47.2 Å². The van der Waals surface area contributed by atoms with E-state index in [2.05, 4.69) is 10.4 Å². The predicted octanol–water partition coefficient (Wildman–Crippen LogP) is -0.0343. The van der Waals surface area contributed by atoms with Crippen molar-refractivity contribution in [2.45, 2.75) is 32.1 Å². The van der Waals surface area contributed by atoms with Gasteiger partial charge in [0, 0.05) is 32.9 Å². The molecule has 0 aliphatic carbocycles. The van der Waals surface area contributed by atoms with Crippen LogP contribution in [0.2, 0.25) is 0 Å². The molecule has 0 bridgehead atoms. The molecule has 0 saturated carbocycles. The topological polar surface area (TPSA) is 99.1 Å². The van der Waals surface area contributed by atoms with E-state index >= 15 is 0 Å². The molecule has 7 nitrogen and oxygen atoms in total. The highest BCUT2D eigenvalue weighted by Crippen LogP contribution is 2.06. The number of hydrogen-bond acceptors (Lipinski definition) is 4. The van der Waals surface area contributed by atoms with Crippen molar-refractivity contribution in [1.82, 2.24) is 10.3 Å². The van der Waals surface area contributed by atoms with Crippen LogP contribution in [0.25, 0.3) is 0 Å². The van der Waals surface area contributed by atoms with Gasteiger partial charge in [-0.3, -0.25) is 14.4 Å². The molecule has 0 radical (unpaired) electrons. The monoisotopic (exact) mass is 255 g/mol. The van der Waals surface area contributed by atoms with E-state index in [1.807, 2.05) is 0 Å². The summed E-state index contributed by atoms with van der Waals surface area (Å²) in [6, 6.07) is 0. The molecule has 1 heterocycles. The van der Waals surface area contributed by atoms with E-state index in [4.69, 9.17) is 5.11 Å². The molecule has 0 saturated heterocycles. The van der Waals surface area contributed by atoms with Gasteiger partial charge in [-0.25, -0.2) is 5.01 Å². The summed E-state index contributed by atoms with van der Waals surface area (Å²) in [7, 11) is 1.52. The van der Waals surface area contributed by atoms with Gasteiger partial charge in [-0.1, -0.05) is 0 Å². The maximum absolute atomic E-state index is 11.7. The lowest BCUT2D eigenvalue weighted by Gasteiger charge is -2.18. The molecule has 2 amide bonds. The van der Waals surface area contributed by atoms with Crippen molar-refractivity contribution in [1.29, 1.82) is 0 Å². The molecule has 0 aromatic carbocycles. The maximum atomic E-state index is 11.7. The molecule has 100 valence electrons. The summed E-state index contributed by atoms with van der Waals surface area (Å²) in [5.74, 6) is -1.23. The summed E-state index contributed by atoms with van der Waals surface area (Å²) in [4.78, 5) is 33.1. The van der Waals surface area contributed by atoms with Crippen molar-refractivity contribution < 1.29 is 19.5 Å². The second-order valence-electron chi connectivity index (χ2n) is 4.07. The second-order valence-corrected chi connectivity index (χ2v) is 4.07.